The van der Waals surface area contributed by atoms with Gasteiger partial charge in [0, 0.05) is 19.2 Å². The van der Waals surface area contributed by atoms with Crippen LogP contribution in [0, 0.1) is 0 Å². The molecule has 88 valence electrons. The van der Waals surface area contributed by atoms with E-state index in [4.69, 9.17) is 9.84 Å². The Morgan fingerprint density at radius 3 is 3.00 bits per heavy atom. The van der Waals surface area contributed by atoms with Gasteiger partial charge in [-0.1, -0.05) is 12.1 Å². The Kier molecular flexibility index (Phi) is 5.36. The third kappa shape index (κ3) is 3.55. The van der Waals surface area contributed by atoms with Crippen molar-refractivity contribution in [1.29, 1.82) is 0 Å². The predicted octanol–water partition coefficient (Wildman–Crippen LogP) is 1.46. The van der Waals surface area contributed by atoms with Gasteiger partial charge in [0.15, 0.2) is 0 Å². The number of hydrogen-bond acceptors (Lipinski definition) is 4. The minimum absolute atomic E-state index is 0.0916. The monoisotopic (exact) mass is 222 g/mol. The van der Waals surface area contributed by atoms with Crippen molar-refractivity contribution < 1.29 is 9.84 Å². The Morgan fingerprint density at radius 2 is 2.38 bits per heavy atom. The van der Waals surface area contributed by atoms with Crippen molar-refractivity contribution >= 4 is 5.82 Å². The van der Waals surface area contributed by atoms with Crippen molar-refractivity contribution in [2.45, 2.75) is 6.92 Å². The summed E-state index contributed by atoms with van der Waals surface area (Å²) in [6.07, 6.45) is 1.78. The molecule has 0 atom stereocenters. The highest BCUT2D eigenvalue weighted by molar-refractivity contribution is 5.41. The topological polar surface area (TPSA) is 45.6 Å². The number of aromatic nitrogens is 1. The first-order chi connectivity index (χ1) is 7.81. The fraction of sp³-hybridized carbons (Fsp3) is 0.417. The highest BCUT2D eigenvalue weighted by Gasteiger charge is 2.06. The van der Waals surface area contributed by atoms with E-state index in [2.05, 4.69) is 11.6 Å². The van der Waals surface area contributed by atoms with Crippen LogP contribution in [-0.2, 0) is 0 Å². The molecule has 0 saturated carbocycles. The van der Waals surface area contributed by atoms with Crippen molar-refractivity contribution in [3.8, 4) is 5.88 Å². The number of aliphatic hydroxyl groups is 1. The predicted molar refractivity (Wildman–Crippen MR) is 64.9 cm³/mol. The lowest BCUT2D eigenvalue weighted by atomic mass is 10.4. The van der Waals surface area contributed by atoms with Crippen molar-refractivity contribution in [2.75, 3.05) is 31.2 Å². The van der Waals surface area contributed by atoms with Crippen LogP contribution in [0.3, 0.4) is 0 Å². The lowest BCUT2D eigenvalue weighted by Crippen LogP contribution is -2.27. The molecular weight excluding hydrogens is 204 g/mol. The summed E-state index contributed by atoms with van der Waals surface area (Å²) in [5.74, 6) is 1.40. The lowest BCUT2D eigenvalue weighted by Gasteiger charge is -2.21. The van der Waals surface area contributed by atoms with Crippen molar-refractivity contribution in [3.05, 3.63) is 30.9 Å². The Bertz CT molecular complexity index is 329. The third-order valence-electron chi connectivity index (χ3n) is 2.04. The van der Waals surface area contributed by atoms with Crippen molar-refractivity contribution in [3.63, 3.8) is 0 Å². The SMILES string of the molecule is C=CCN(CCO)c1cccc(OCC)n1. The molecule has 0 saturated heterocycles. The number of pyridine rings is 1. The number of nitrogens with zero attached hydrogens (tertiary/aromatic N) is 2. The summed E-state index contributed by atoms with van der Waals surface area (Å²) in [7, 11) is 0. The summed E-state index contributed by atoms with van der Waals surface area (Å²) in [4.78, 5) is 6.28. The van der Waals surface area contributed by atoms with E-state index >= 15 is 0 Å². The first kappa shape index (κ1) is 12.5. The molecule has 0 aliphatic carbocycles. The maximum Gasteiger partial charge on any atom is 0.215 e. The van der Waals surface area contributed by atoms with Crippen LogP contribution >= 0.6 is 0 Å². The number of aliphatic hydroxyl groups excluding tert-OH is 1. The molecule has 0 aromatic carbocycles. The quantitative estimate of drug-likeness (QED) is 0.709. The van der Waals surface area contributed by atoms with Gasteiger partial charge in [0.25, 0.3) is 0 Å². The van der Waals surface area contributed by atoms with Gasteiger partial charge in [0.05, 0.1) is 13.2 Å². The zero-order valence-electron chi connectivity index (χ0n) is 9.59. The van der Waals surface area contributed by atoms with Gasteiger partial charge in [-0.3, -0.25) is 0 Å². The van der Waals surface area contributed by atoms with Gasteiger partial charge in [-0.05, 0) is 13.0 Å². The van der Waals surface area contributed by atoms with E-state index in [9.17, 15) is 0 Å². The van der Waals surface area contributed by atoms with Crippen molar-refractivity contribution in [2.24, 2.45) is 0 Å². The second-order valence-electron chi connectivity index (χ2n) is 3.23. The first-order valence-electron chi connectivity index (χ1n) is 5.38. The molecule has 0 radical (unpaired) electrons. The largest absolute Gasteiger partial charge is 0.478 e. The van der Waals surface area contributed by atoms with E-state index in [0.29, 0.717) is 25.6 Å². The van der Waals surface area contributed by atoms with Gasteiger partial charge in [-0.2, -0.15) is 4.98 Å². The Balaban J connectivity index is 2.81. The van der Waals surface area contributed by atoms with Gasteiger partial charge in [0.1, 0.15) is 5.82 Å². The third-order valence-corrected chi connectivity index (χ3v) is 2.04. The minimum Gasteiger partial charge on any atom is -0.478 e. The summed E-state index contributed by atoms with van der Waals surface area (Å²) in [5, 5.41) is 8.96. The number of rotatable bonds is 7. The van der Waals surface area contributed by atoms with Gasteiger partial charge >= 0.3 is 0 Å². The average Bonchev–Trinajstić information content (AvgIpc) is 2.30. The maximum absolute atomic E-state index is 8.96. The van der Waals surface area contributed by atoms with E-state index in [1.54, 1.807) is 6.08 Å². The maximum atomic E-state index is 8.96. The number of hydrogen-bond donors (Lipinski definition) is 1. The molecule has 0 amide bonds. The average molecular weight is 222 g/mol. The minimum atomic E-state index is 0.0916. The smallest absolute Gasteiger partial charge is 0.215 e. The van der Waals surface area contributed by atoms with E-state index in [-0.39, 0.29) is 6.61 Å². The van der Waals surface area contributed by atoms with Crippen LogP contribution in [0.2, 0.25) is 0 Å². The van der Waals surface area contributed by atoms with E-state index in [0.717, 1.165) is 5.82 Å². The molecule has 0 fully saturated rings. The molecule has 1 rings (SSSR count). The molecule has 1 aromatic rings. The Morgan fingerprint density at radius 1 is 1.56 bits per heavy atom. The summed E-state index contributed by atoms with van der Waals surface area (Å²) in [5.41, 5.74) is 0. The van der Waals surface area contributed by atoms with Crippen LogP contribution in [0.1, 0.15) is 6.92 Å². The zero-order valence-corrected chi connectivity index (χ0v) is 9.59. The standard InChI is InChI=1S/C12H18N2O2/c1-3-8-14(9-10-15)11-6-5-7-12(13-11)16-4-2/h3,5-7,15H,1,4,8-10H2,2H3. The molecule has 4 nitrogen and oxygen atoms in total. The molecule has 0 unspecified atom stereocenters. The second-order valence-corrected chi connectivity index (χ2v) is 3.23. The van der Waals surface area contributed by atoms with Crippen molar-refractivity contribution in [1.82, 2.24) is 4.98 Å². The lowest BCUT2D eigenvalue weighted by molar-refractivity contribution is 0.302. The fourth-order valence-electron chi connectivity index (χ4n) is 1.38. The Hall–Kier alpha value is -1.55. The summed E-state index contributed by atoms with van der Waals surface area (Å²) in [6, 6.07) is 5.60. The molecule has 0 bridgehead atoms. The van der Waals surface area contributed by atoms with Gasteiger partial charge in [0.2, 0.25) is 5.88 Å². The molecule has 0 aliphatic heterocycles. The molecule has 1 N–H and O–H groups in total. The summed E-state index contributed by atoms with van der Waals surface area (Å²) < 4.78 is 5.33. The highest BCUT2D eigenvalue weighted by atomic mass is 16.5. The summed E-state index contributed by atoms with van der Waals surface area (Å²) in [6.45, 7) is 7.48. The normalized spacial score (nSPS) is 9.88. The highest BCUT2D eigenvalue weighted by Crippen LogP contribution is 2.15. The van der Waals surface area contributed by atoms with Crippen LogP contribution in [0.15, 0.2) is 30.9 Å². The van der Waals surface area contributed by atoms with Crippen LogP contribution in [-0.4, -0.2) is 36.4 Å². The molecule has 0 spiro atoms. The molecule has 4 heteroatoms. The molecule has 1 aromatic heterocycles. The van der Waals surface area contributed by atoms with Gasteiger partial charge in [-0.15, -0.1) is 6.58 Å². The summed E-state index contributed by atoms with van der Waals surface area (Å²) >= 11 is 0. The van der Waals surface area contributed by atoms with Gasteiger partial charge in [-0.25, -0.2) is 0 Å². The molecular formula is C12H18N2O2. The second kappa shape index (κ2) is 6.85. The van der Waals surface area contributed by atoms with Crippen LogP contribution in [0.25, 0.3) is 0 Å². The first-order valence-corrected chi connectivity index (χ1v) is 5.38. The van der Waals surface area contributed by atoms with Gasteiger partial charge < -0.3 is 14.7 Å². The van der Waals surface area contributed by atoms with E-state index < -0.39 is 0 Å². The molecule has 0 aliphatic rings. The van der Waals surface area contributed by atoms with Crippen LogP contribution < -0.4 is 9.64 Å². The van der Waals surface area contributed by atoms with Crippen LogP contribution in [0.5, 0.6) is 5.88 Å². The van der Waals surface area contributed by atoms with Crippen LogP contribution in [0.4, 0.5) is 5.82 Å². The zero-order chi connectivity index (χ0) is 11.8. The number of ether oxygens (including phenoxy) is 1. The number of anilines is 1. The molecule has 16 heavy (non-hydrogen) atoms. The van der Waals surface area contributed by atoms with E-state index in [1.807, 2.05) is 30.0 Å². The Labute approximate surface area is 96.2 Å². The fourth-order valence-corrected chi connectivity index (χ4v) is 1.38. The molecule has 1 heterocycles. The van der Waals surface area contributed by atoms with E-state index in [1.165, 1.54) is 0 Å².